The molecule has 0 aliphatic heterocycles. The Labute approximate surface area is 152 Å². The van der Waals surface area contributed by atoms with E-state index in [9.17, 15) is 4.79 Å². The molecule has 136 valence electrons. The van der Waals surface area contributed by atoms with Crippen molar-refractivity contribution in [2.75, 3.05) is 18.9 Å². The lowest BCUT2D eigenvalue weighted by Gasteiger charge is -2.08. The first-order chi connectivity index (χ1) is 12.0. The van der Waals surface area contributed by atoms with Gasteiger partial charge < -0.3 is 10.1 Å². The normalized spacial score (nSPS) is 11.1. The first-order valence-electron chi connectivity index (χ1n) is 8.34. The summed E-state index contributed by atoms with van der Waals surface area (Å²) < 4.78 is 7.09. The molecule has 25 heavy (non-hydrogen) atoms. The Morgan fingerprint density at radius 1 is 1.32 bits per heavy atom. The van der Waals surface area contributed by atoms with Crippen molar-refractivity contribution < 1.29 is 9.53 Å². The number of aromatic nitrogens is 4. The summed E-state index contributed by atoms with van der Waals surface area (Å²) in [5.74, 6) is 0.236. The van der Waals surface area contributed by atoms with Gasteiger partial charge in [0.05, 0.1) is 17.5 Å². The second-order valence-electron chi connectivity index (χ2n) is 6.05. The number of nitrogens with zero attached hydrogens (tertiary/aromatic N) is 4. The maximum absolute atomic E-state index is 11.9. The molecule has 0 radical (unpaired) electrons. The summed E-state index contributed by atoms with van der Waals surface area (Å²) in [4.78, 5) is 11.9. The second kappa shape index (κ2) is 9.53. The van der Waals surface area contributed by atoms with Crippen LogP contribution in [0.4, 0.5) is 0 Å². The Morgan fingerprint density at radius 3 is 2.84 bits per heavy atom. The molecule has 0 fully saturated rings. The maximum Gasteiger partial charge on any atom is 0.230 e. The SMILES string of the molecule is Cc1ccc(-n2nnnc2SCC(=O)NCCCOC(C)C)cc1C. The van der Waals surface area contributed by atoms with Gasteiger partial charge in [0, 0.05) is 13.2 Å². The molecule has 1 N–H and O–H groups in total. The summed E-state index contributed by atoms with van der Waals surface area (Å²) in [5, 5.41) is 15.2. The molecule has 0 bridgehead atoms. The predicted octanol–water partition coefficient (Wildman–Crippen LogP) is 2.30. The molecule has 0 aliphatic carbocycles. The van der Waals surface area contributed by atoms with Gasteiger partial charge >= 0.3 is 0 Å². The molecular formula is C17H25N5O2S. The van der Waals surface area contributed by atoms with Crippen LogP contribution in [0.5, 0.6) is 0 Å². The van der Waals surface area contributed by atoms with E-state index in [4.69, 9.17) is 4.74 Å². The molecule has 2 rings (SSSR count). The number of rotatable bonds is 9. The van der Waals surface area contributed by atoms with Gasteiger partial charge in [0.25, 0.3) is 0 Å². The van der Waals surface area contributed by atoms with E-state index in [0.29, 0.717) is 18.3 Å². The van der Waals surface area contributed by atoms with E-state index in [1.165, 1.54) is 22.9 Å². The highest BCUT2D eigenvalue weighted by molar-refractivity contribution is 7.99. The van der Waals surface area contributed by atoms with Crippen LogP contribution in [-0.2, 0) is 9.53 Å². The van der Waals surface area contributed by atoms with Crippen molar-refractivity contribution in [3.8, 4) is 5.69 Å². The molecule has 7 nitrogen and oxygen atoms in total. The van der Waals surface area contributed by atoms with Crippen LogP contribution in [0, 0.1) is 13.8 Å². The minimum absolute atomic E-state index is 0.0378. The van der Waals surface area contributed by atoms with E-state index in [1.54, 1.807) is 4.68 Å². The summed E-state index contributed by atoms with van der Waals surface area (Å²) in [7, 11) is 0. The lowest BCUT2D eigenvalue weighted by molar-refractivity contribution is -0.118. The molecule has 1 aromatic heterocycles. The summed E-state index contributed by atoms with van der Waals surface area (Å²) in [6, 6.07) is 6.04. The highest BCUT2D eigenvalue weighted by Crippen LogP contribution is 2.19. The van der Waals surface area contributed by atoms with Crippen molar-refractivity contribution in [3.05, 3.63) is 29.3 Å². The number of benzene rings is 1. The highest BCUT2D eigenvalue weighted by atomic mass is 32.2. The van der Waals surface area contributed by atoms with Gasteiger partial charge in [0.1, 0.15) is 0 Å². The molecule has 1 heterocycles. The zero-order chi connectivity index (χ0) is 18.2. The Hall–Kier alpha value is -1.93. The van der Waals surface area contributed by atoms with Gasteiger partial charge in [-0.3, -0.25) is 4.79 Å². The summed E-state index contributed by atoms with van der Waals surface area (Å²) >= 11 is 1.32. The number of carbonyl (C=O) groups excluding carboxylic acids is 1. The van der Waals surface area contributed by atoms with Gasteiger partial charge in [-0.15, -0.1) is 5.10 Å². The molecular weight excluding hydrogens is 338 g/mol. The van der Waals surface area contributed by atoms with Crippen LogP contribution in [-0.4, -0.2) is 51.1 Å². The van der Waals surface area contributed by atoms with Crippen LogP contribution < -0.4 is 5.32 Å². The number of aryl methyl sites for hydroxylation is 2. The van der Waals surface area contributed by atoms with Gasteiger partial charge in [-0.05, 0) is 67.8 Å². The number of tetrazole rings is 1. The molecule has 2 aromatic rings. The monoisotopic (exact) mass is 363 g/mol. The largest absolute Gasteiger partial charge is 0.379 e. The van der Waals surface area contributed by atoms with E-state index in [1.807, 2.05) is 39.0 Å². The van der Waals surface area contributed by atoms with Crippen LogP contribution in [0.3, 0.4) is 0 Å². The average molecular weight is 363 g/mol. The standard InChI is InChI=1S/C17H25N5O2S/c1-12(2)24-9-5-8-18-16(23)11-25-17-19-20-21-22(17)15-7-6-13(3)14(4)10-15/h6-7,10,12H,5,8-9,11H2,1-4H3,(H,18,23). The minimum atomic E-state index is -0.0378. The molecule has 0 saturated heterocycles. The molecule has 0 aliphatic rings. The van der Waals surface area contributed by atoms with Gasteiger partial charge in [0.2, 0.25) is 11.1 Å². The van der Waals surface area contributed by atoms with Gasteiger partial charge in [0.15, 0.2) is 0 Å². The molecule has 8 heteroatoms. The van der Waals surface area contributed by atoms with Crippen molar-refractivity contribution in [1.82, 2.24) is 25.5 Å². The van der Waals surface area contributed by atoms with Crippen molar-refractivity contribution in [1.29, 1.82) is 0 Å². The lowest BCUT2D eigenvalue weighted by Crippen LogP contribution is -2.27. The predicted molar refractivity (Wildman–Crippen MR) is 98.1 cm³/mol. The number of carbonyl (C=O) groups is 1. The van der Waals surface area contributed by atoms with E-state index < -0.39 is 0 Å². The topological polar surface area (TPSA) is 81.9 Å². The summed E-state index contributed by atoms with van der Waals surface area (Å²) in [6.45, 7) is 9.35. The molecule has 0 atom stereocenters. The zero-order valence-electron chi connectivity index (χ0n) is 15.2. The molecule has 1 amide bonds. The van der Waals surface area contributed by atoms with Gasteiger partial charge in [-0.2, -0.15) is 4.68 Å². The average Bonchev–Trinajstić information content (AvgIpc) is 3.03. The maximum atomic E-state index is 11.9. The quantitative estimate of drug-likeness (QED) is 0.544. The van der Waals surface area contributed by atoms with E-state index in [-0.39, 0.29) is 17.8 Å². The van der Waals surface area contributed by atoms with E-state index in [2.05, 4.69) is 27.8 Å². The highest BCUT2D eigenvalue weighted by Gasteiger charge is 2.12. The van der Waals surface area contributed by atoms with Crippen LogP contribution in [0.2, 0.25) is 0 Å². The third kappa shape index (κ3) is 6.13. The minimum Gasteiger partial charge on any atom is -0.379 e. The third-order valence-electron chi connectivity index (χ3n) is 3.60. The van der Waals surface area contributed by atoms with Crippen LogP contribution >= 0.6 is 11.8 Å². The molecule has 0 unspecified atom stereocenters. The summed E-state index contributed by atoms with van der Waals surface area (Å²) in [6.07, 6.45) is 1.02. The number of ether oxygens (including phenoxy) is 1. The summed E-state index contributed by atoms with van der Waals surface area (Å²) in [5.41, 5.74) is 3.28. The Morgan fingerprint density at radius 2 is 2.12 bits per heavy atom. The van der Waals surface area contributed by atoms with Crippen molar-refractivity contribution in [2.24, 2.45) is 0 Å². The van der Waals surface area contributed by atoms with E-state index in [0.717, 1.165) is 12.1 Å². The number of nitrogens with one attached hydrogen (secondary N) is 1. The zero-order valence-corrected chi connectivity index (χ0v) is 16.0. The number of thioether (sulfide) groups is 1. The van der Waals surface area contributed by atoms with Crippen LogP contribution in [0.25, 0.3) is 5.69 Å². The Bertz CT molecular complexity index is 702. The number of hydrogen-bond donors (Lipinski definition) is 1. The van der Waals surface area contributed by atoms with Crippen LogP contribution in [0.1, 0.15) is 31.4 Å². The third-order valence-corrected chi connectivity index (χ3v) is 4.52. The molecule has 1 aromatic carbocycles. The number of hydrogen-bond acceptors (Lipinski definition) is 6. The first-order valence-corrected chi connectivity index (χ1v) is 9.33. The Balaban J connectivity index is 1.83. The van der Waals surface area contributed by atoms with Gasteiger partial charge in [-0.1, -0.05) is 17.8 Å². The van der Waals surface area contributed by atoms with Crippen molar-refractivity contribution in [3.63, 3.8) is 0 Å². The van der Waals surface area contributed by atoms with Crippen molar-refractivity contribution in [2.45, 2.75) is 45.4 Å². The van der Waals surface area contributed by atoms with Gasteiger partial charge in [-0.25, -0.2) is 0 Å². The second-order valence-corrected chi connectivity index (χ2v) is 7.00. The fourth-order valence-electron chi connectivity index (χ4n) is 2.09. The molecule has 0 spiro atoms. The Kier molecular flexibility index (Phi) is 7.39. The fourth-order valence-corrected chi connectivity index (χ4v) is 2.81. The first kappa shape index (κ1) is 19.4. The van der Waals surface area contributed by atoms with Crippen LogP contribution in [0.15, 0.2) is 23.4 Å². The molecule has 0 saturated carbocycles. The van der Waals surface area contributed by atoms with Crippen molar-refractivity contribution >= 4 is 17.7 Å². The smallest absolute Gasteiger partial charge is 0.230 e. The number of amides is 1. The lowest BCUT2D eigenvalue weighted by atomic mass is 10.1. The van der Waals surface area contributed by atoms with E-state index >= 15 is 0 Å². The fraction of sp³-hybridized carbons (Fsp3) is 0.529.